The minimum Gasteiger partial charge on any atom is -0.391 e. The molecular formula is C58H118O17. The van der Waals surface area contributed by atoms with Crippen molar-refractivity contribution in [1.82, 2.24) is 0 Å². The molecule has 0 spiro atoms. The summed E-state index contributed by atoms with van der Waals surface area (Å²) in [5.74, 6) is 0. The van der Waals surface area contributed by atoms with E-state index in [1.165, 1.54) is 44.9 Å². The fourth-order valence-corrected chi connectivity index (χ4v) is 7.12. The Morgan fingerprint density at radius 2 is 0.427 bits per heavy atom. The largest absolute Gasteiger partial charge is 0.391 e. The van der Waals surface area contributed by atoms with Crippen LogP contribution in [0.4, 0.5) is 0 Å². The molecule has 8 atom stereocenters. The van der Waals surface area contributed by atoms with Crippen molar-refractivity contribution in [3.05, 3.63) is 0 Å². The van der Waals surface area contributed by atoms with Gasteiger partial charge in [0.1, 0.15) is 0 Å². The van der Waals surface area contributed by atoms with E-state index in [1.807, 2.05) is 6.92 Å². The molecule has 0 aromatic carbocycles. The fourth-order valence-electron chi connectivity index (χ4n) is 7.12. The van der Waals surface area contributed by atoms with Gasteiger partial charge in [-0.15, -0.1) is 0 Å². The lowest BCUT2D eigenvalue weighted by atomic mass is 10.1. The van der Waals surface area contributed by atoms with Crippen molar-refractivity contribution in [1.29, 1.82) is 0 Å². The number of rotatable bonds is 64. The highest BCUT2D eigenvalue weighted by molar-refractivity contribution is 4.66. The second kappa shape index (κ2) is 59.4. The first kappa shape index (κ1) is 74.3. The number of hydrogen-bond acceptors (Lipinski definition) is 17. The van der Waals surface area contributed by atoms with Crippen molar-refractivity contribution >= 4 is 0 Å². The molecule has 17 nitrogen and oxygen atoms in total. The number of aliphatic hydroxyl groups excluding tert-OH is 1. The highest BCUT2D eigenvalue weighted by Crippen LogP contribution is 2.13. The van der Waals surface area contributed by atoms with Crippen molar-refractivity contribution in [3.8, 4) is 0 Å². The van der Waals surface area contributed by atoms with E-state index >= 15 is 0 Å². The third kappa shape index (κ3) is 50.1. The summed E-state index contributed by atoms with van der Waals surface area (Å²) in [6.07, 6.45) is 16.4. The molecule has 0 aliphatic heterocycles. The Morgan fingerprint density at radius 1 is 0.213 bits per heavy atom. The van der Waals surface area contributed by atoms with Crippen LogP contribution < -0.4 is 0 Å². The standard InChI is InChI=1S/C58H118O17/c1-10-19-20-21-22-23-24-25-26-60-27-28-61-29-30-62-31-32-63-33-34-64-35-36-65-37-38-66-39-40-67-41-42-68-44-52(12-3)70-46-54(14-5)72-48-56(16-7)74-50-58(18-9)75-49-57(17-8)73-47-55(15-6)71-45-53(13-4)69-43-51(59)11-2/h51-59H,10-50H2,1-9H3. The molecular weight excluding hydrogens is 969 g/mol. The third-order valence-electron chi connectivity index (χ3n) is 12.7. The zero-order valence-corrected chi connectivity index (χ0v) is 49.6. The zero-order chi connectivity index (χ0) is 54.9. The minimum atomic E-state index is -0.440. The lowest BCUT2D eigenvalue weighted by molar-refractivity contribution is -0.123. The van der Waals surface area contributed by atoms with Gasteiger partial charge in [-0.2, -0.15) is 0 Å². The molecule has 17 heteroatoms. The molecule has 1 N–H and O–H groups in total. The highest BCUT2D eigenvalue weighted by atomic mass is 16.6. The topological polar surface area (TPSA) is 168 Å². The summed E-state index contributed by atoms with van der Waals surface area (Å²) in [5.41, 5.74) is 0. The average molecular weight is 1090 g/mol. The van der Waals surface area contributed by atoms with Gasteiger partial charge in [0.05, 0.1) is 207 Å². The molecule has 75 heavy (non-hydrogen) atoms. The van der Waals surface area contributed by atoms with E-state index in [-0.39, 0.29) is 42.7 Å². The van der Waals surface area contributed by atoms with Crippen LogP contribution in [0.2, 0.25) is 0 Å². The van der Waals surface area contributed by atoms with Gasteiger partial charge in [0.15, 0.2) is 0 Å². The maximum atomic E-state index is 9.85. The molecule has 0 aliphatic carbocycles. The maximum absolute atomic E-state index is 9.85. The second-order valence-corrected chi connectivity index (χ2v) is 19.1. The molecule has 0 fully saturated rings. The molecule has 0 rings (SSSR count). The molecule has 0 radical (unpaired) electrons. The Morgan fingerprint density at radius 3 is 0.680 bits per heavy atom. The zero-order valence-electron chi connectivity index (χ0n) is 49.6. The first-order valence-electron chi connectivity index (χ1n) is 30.0. The van der Waals surface area contributed by atoms with Crippen LogP contribution in [0.1, 0.15) is 165 Å². The Hall–Kier alpha value is -0.680. The normalized spacial score (nSPS) is 15.3. The van der Waals surface area contributed by atoms with E-state index in [1.54, 1.807) is 0 Å². The van der Waals surface area contributed by atoms with Crippen molar-refractivity contribution in [2.24, 2.45) is 0 Å². The lowest BCUT2D eigenvalue weighted by Crippen LogP contribution is -2.33. The number of hydrogen-bond donors (Lipinski definition) is 1. The molecule has 0 aromatic rings. The summed E-state index contributed by atoms with van der Waals surface area (Å²) in [4.78, 5) is 0. The quantitative estimate of drug-likeness (QED) is 0.0571. The van der Waals surface area contributed by atoms with Gasteiger partial charge < -0.3 is 80.9 Å². The molecule has 0 bridgehead atoms. The monoisotopic (exact) mass is 1090 g/mol. The first-order chi connectivity index (χ1) is 36.8. The number of unbranched alkanes of at least 4 members (excludes halogenated alkanes) is 7. The lowest BCUT2D eigenvalue weighted by Gasteiger charge is -2.26. The molecule has 8 unspecified atom stereocenters. The van der Waals surface area contributed by atoms with Crippen LogP contribution in [0.25, 0.3) is 0 Å². The van der Waals surface area contributed by atoms with Gasteiger partial charge in [0, 0.05) is 6.61 Å². The van der Waals surface area contributed by atoms with Crippen LogP contribution in [0, 0.1) is 0 Å². The molecule has 0 amide bonds. The van der Waals surface area contributed by atoms with Crippen LogP contribution in [-0.2, 0) is 75.8 Å². The molecule has 0 saturated carbocycles. The smallest absolute Gasteiger partial charge is 0.0807 e. The van der Waals surface area contributed by atoms with Crippen molar-refractivity contribution < 1.29 is 80.9 Å². The molecule has 0 heterocycles. The van der Waals surface area contributed by atoms with Gasteiger partial charge >= 0.3 is 0 Å². The predicted octanol–water partition coefficient (Wildman–Crippen LogP) is 9.61. The van der Waals surface area contributed by atoms with Crippen LogP contribution in [0.3, 0.4) is 0 Å². The van der Waals surface area contributed by atoms with Crippen molar-refractivity contribution in [2.75, 3.05) is 165 Å². The predicted molar refractivity (Wildman–Crippen MR) is 296 cm³/mol. The van der Waals surface area contributed by atoms with E-state index in [2.05, 4.69) is 55.4 Å². The Kier molecular flexibility index (Phi) is 58.9. The van der Waals surface area contributed by atoms with E-state index in [4.69, 9.17) is 75.8 Å². The first-order valence-corrected chi connectivity index (χ1v) is 30.0. The Bertz CT molecular complexity index is 1080. The van der Waals surface area contributed by atoms with Crippen molar-refractivity contribution in [3.63, 3.8) is 0 Å². The Labute approximate surface area is 458 Å². The van der Waals surface area contributed by atoms with Gasteiger partial charge in [-0.3, -0.25) is 0 Å². The van der Waals surface area contributed by atoms with E-state index in [9.17, 15) is 5.11 Å². The molecule has 452 valence electrons. The summed E-state index contributed by atoms with van der Waals surface area (Å²) in [7, 11) is 0. The second-order valence-electron chi connectivity index (χ2n) is 19.1. The summed E-state index contributed by atoms with van der Waals surface area (Å²) < 4.78 is 94.0. The molecule has 0 aromatic heterocycles. The number of ether oxygens (including phenoxy) is 16. The highest BCUT2D eigenvalue weighted by Gasteiger charge is 2.20. The van der Waals surface area contributed by atoms with Crippen LogP contribution in [0.15, 0.2) is 0 Å². The third-order valence-corrected chi connectivity index (χ3v) is 12.7. The summed E-state index contributed by atoms with van der Waals surface area (Å²) in [6.45, 7) is 32.0. The van der Waals surface area contributed by atoms with Gasteiger partial charge in [-0.1, -0.05) is 107 Å². The summed E-state index contributed by atoms with van der Waals surface area (Å²) in [6, 6.07) is 0. The SMILES string of the molecule is CCCCCCCCCCOCCOCCOCCOCCOCCOCCOCCOCCOCC(CC)OCC(CC)OCC(CC)OCC(CC)OCC(CC)OCC(CC)OCC(CC)OCC(O)CC. The van der Waals surface area contributed by atoms with Crippen molar-refractivity contribution in [2.45, 2.75) is 214 Å². The van der Waals surface area contributed by atoms with E-state index in [0.717, 1.165) is 58.0 Å². The number of aliphatic hydroxyl groups is 1. The van der Waals surface area contributed by atoms with Gasteiger partial charge in [-0.05, 0) is 57.8 Å². The molecule has 0 saturated heterocycles. The fraction of sp³-hybridized carbons (Fsp3) is 1.00. The van der Waals surface area contributed by atoms with Crippen LogP contribution in [0.5, 0.6) is 0 Å². The van der Waals surface area contributed by atoms with Crippen LogP contribution >= 0.6 is 0 Å². The summed E-state index contributed by atoms with van der Waals surface area (Å²) >= 11 is 0. The van der Waals surface area contributed by atoms with E-state index < -0.39 is 6.10 Å². The van der Waals surface area contributed by atoms with Gasteiger partial charge in [0.2, 0.25) is 0 Å². The molecule has 0 aliphatic rings. The van der Waals surface area contributed by atoms with Gasteiger partial charge in [-0.25, -0.2) is 0 Å². The maximum Gasteiger partial charge on any atom is 0.0807 e. The minimum absolute atomic E-state index is 0.0207. The summed E-state index contributed by atoms with van der Waals surface area (Å²) in [5, 5.41) is 9.85. The Balaban J connectivity index is 3.85. The van der Waals surface area contributed by atoms with E-state index in [0.29, 0.717) is 165 Å². The van der Waals surface area contributed by atoms with Crippen LogP contribution in [-0.4, -0.2) is 219 Å². The van der Waals surface area contributed by atoms with Gasteiger partial charge in [0.25, 0.3) is 0 Å². The average Bonchev–Trinajstić information content (AvgIpc) is 3.43.